The summed E-state index contributed by atoms with van der Waals surface area (Å²) < 4.78 is 0. The summed E-state index contributed by atoms with van der Waals surface area (Å²) in [6.45, 7) is 0. The lowest BCUT2D eigenvalue weighted by Crippen LogP contribution is -1.95. The summed E-state index contributed by atoms with van der Waals surface area (Å²) in [6.07, 6.45) is 2.42. The lowest BCUT2D eigenvalue weighted by atomic mass is 10.1. The fourth-order valence-electron chi connectivity index (χ4n) is 2.35. The molecule has 3 N–H and O–H groups in total. The molecular weight excluding hydrogens is 258 g/mol. The van der Waals surface area contributed by atoms with E-state index in [2.05, 4.69) is 44.2 Å². The van der Waals surface area contributed by atoms with E-state index in [1.807, 2.05) is 11.8 Å². The minimum absolute atomic E-state index is 0.297. The molecule has 0 spiro atoms. The summed E-state index contributed by atoms with van der Waals surface area (Å²) in [5, 5.41) is 0.297. The van der Waals surface area contributed by atoms with Crippen LogP contribution in [0.25, 0.3) is 11.2 Å². The Morgan fingerprint density at radius 3 is 3.00 bits per heavy atom. The number of imidazole rings is 1. The van der Waals surface area contributed by atoms with Gasteiger partial charge in [0.25, 0.3) is 0 Å². The van der Waals surface area contributed by atoms with Gasteiger partial charge in [0.05, 0.1) is 5.25 Å². The lowest BCUT2D eigenvalue weighted by molar-refractivity contribution is 0.880. The molecule has 6 heteroatoms. The number of thioether (sulfide) groups is 1. The number of anilines is 1. The molecule has 1 aliphatic rings. The number of nitrogens with two attached hydrogens (primary N) is 1. The number of nitrogens with one attached hydrogen (secondary N) is 1. The van der Waals surface area contributed by atoms with Crippen molar-refractivity contribution in [2.75, 3.05) is 5.73 Å². The van der Waals surface area contributed by atoms with E-state index in [4.69, 9.17) is 5.73 Å². The molecule has 0 amide bonds. The number of benzene rings is 1. The van der Waals surface area contributed by atoms with Crippen molar-refractivity contribution >= 4 is 28.7 Å². The van der Waals surface area contributed by atoms with Gasteiger partial charge in [0.1, 0.15) is 17.7 Å². The number of nitrogens with zero attached hydrogens (tertiary/aromatic N) is 3. The Morgan fingerprint density at radius 2 is 2.16 bits per heavy atom. The third kappa shape index (κ3) is 1.67. The van der Waals surface area contributed by atoms with Crippen LogP contribution in [0.1, 0.15) is 16.6 Å². The molecule has 0 fully saturated rings. The maximum atomic E-state index is 5.82. The van der Waals surface area contributed by atoms with Gasteiger partial charge in [-0.3, -0.25) is 0 Å². The number of hydrogen-bond acceptors (Lipinski definition) is 5. The van der Waals surface area contributed by atoms with Gasteiger partial charge in [-0.15, -0.1) is 11.8 Å². The van der Waals surface area contributed by atoms with Crippen LogP contribution < -0.4 is 5.73 Å². The normalized spacial score (nSPS) is 17.8. The second-order valence-corrected chi connectivity index (χ2v) is 5.74. The zero-order valence-electron chi connectivity index (χ0n) is 10.00. The summed E-state index contributed by atoms with van der Waals surface area (Å²) in [5.41, 5.74) is 8.56. The van der Waals surface area contributed by atoms with Crippen LogP contribution in [0.5, 0.6) is 0 Å². The van der Waals surface area contributed by atoms with Crippen molar-refractivity contribution in [3.05, 3.63) is 42.0 Å². The van der Waals surface area contributed by atoms with Crippen LogP contribution in [0.3, 0.4) is 0 Å². The Labute approximate surface area is 113 Å². The SMILES string of the molecule is Nc1ncnc2nc(C3Cc4ccccc4S3)[nH]c12. The highest BCUT2D eigenvalue weighted by atomic mass is 32.2. The average molecular weight is 269 g/mol. The van der Waals surface area contributed by atoms with Gasteiger partial charge in [-0.1, -0.05) is 18.2 Å². The summed E-state index contributed by atoms with van der Waals surface area (Å²) in [5.74, 6) is 1.37. The Hall–Kier alpha value is -2.08. The minimum atomic E-state index is 0.297. The van der Waals surface area contributed by atoms with Crippen LogP contribution >= 0.6 is 11.8 Å². The summed E-state index contributed by atoms with van der Waals surface area (Å²) in [7, 11) is 0. The quantitative estimate of drug-likeness (QED) is 0.708. The molecule has 0 aliphatic carbocycles. The first-order valence-electron chi connectivity index (χ1n) is 6.02. The molecule has 0 saturated carbocycles. The predicted molar refractivity (Wildman–Crippen MR) is 74.8 cm³/mol. The van der Waals surface area contributed by atoms with Crippen LogP contribution in [-0.4, -0.2) is 19.9 Å². The lowest BCUT2D eigenvalue weighted by Gasteiger charge is -2.02. The fraction of sp³-hybridized carbons (Fsp3) is 0.154. The molecule has 1 unspecified atom stereocenters. The second kappa shape index (κ2) is 3.96. The van der Waals surface area contributed by atoms with E-state index in [-0.39, 0.29) is 0 Å². The molecule has 4 rings (SSSR count). The first-order chi connectivity index (χ1) is 9.31. The highest BCUT2D eigenvalue weighted by Crippen LogP contribution is 2.45. The first-order valence-corrected chi connectivity index (χ1v) is 6.90. The van der Waals surface area contributed by atoms with Crippen molar-refractivity contribution in [2.45, 2.75) is 16.6 Å². The monoisotopic (exact) mass is 269 g/mol. The van der Waals surface area contributed by atoms with Crippen molar-refractivity contribution in [2.24, 2.45) is 0 Å². The van der Waals surface area contributed by atoms with E-state index in [9.17, 15) is 0 Å². The maximum Gasteiger partial charge on any atom is 0.183 e. The average Bonchev–Trinajstić information content (AvgIpc) is 3.02. The molecule has 0 bridgehead atoms. The maximum absolute atomic E-state index is 5.82. The fourth-order valence-corrected chi connectivity index (χ4v) is 3.60. The molecule has 1 aromatic carbocycles. The molecule has 3 heterocycles. The summed E-state index contributed by atoms with van der Waals surface area (Å²) >= 11 is 1.83. The largest absolute Gasteiger partial charge is 0.382 e. The Morgan fingerprint density at radius 1 is 1.26 bits per heavy atom. The zero-order valence-corrected chi connectivity index (χ0v) is 10.8. The Bertz CT molecular complexity index is 742. The Kier molecular flexibility index (Phi) is 2.25. The van der Waals surface area contributed by atoms with Crippen molar-refractivity contribution in [1.29, 1.82) is 0 Å². The molecule has 0 saturated heterocycles. The van der Waals surface area contributed by atoms with Crippen LogP contribution in [0.15, 0.2) is 35.5 Å². The zero-order chi connectivity index (χ0) is 12.8. The molecular formula is C13H11N5S. The van der Waals surface area contributed by atoms with Gasteiger partial charge in [0.15, 0.2) is 11.5 Å². The van der Waals surface area contributed by atoms with Gasteiger partial charge in [-0.05, 0) is 18.1 Å². The van der Waals surface area contributed by atoms with E-state index < -0.39 is 0 Å². The molecule has 3 aromatic rings. The standard InChI is InChI=1S/C13H11N5S/c14-11-10-13(16-6-15-11)18-12(17-10)9-5-7-3-1-2-4-8(7)19-9/h1-4,6,9H,5H2,(H3,14,15,16,17,18). The highest BCUT2D eigenvalue weighted by Gasteiger charge is 2.26. The van der Waals surface area contributed by atoms with Crippen molar-refractivity contribution in [1.82, 2.24) is 19.9 Å². The topological polar surface area (TPSA) is 80.5 Å². The smallest absolute Gasteiger partial charge is 0.183 e. The van der Waals surface area contributed by atoms with Gasteiger partial charge >= 0.3 is 0 Å². The van der Waals surface area contributed by atoms with E-state index in [1.54, 1.807) is 0 Å². The molecule has 5 nitrogen and oxygen atoms in total. The molecule has 1 aliphatic heterocycles. The number of aromatic amines is 1. The van der Waals surface area contributed by atoms with Gasteiger partial charge in [-0.25, -0.2) is 15.0 Å². The molecule has 19 heavy (non-hydrogen) atoms. The van der Waals surface area contributed by atoms with Gasteiger partial charge < -0.3 is 10.7 Å². The van der Waals surface area contributed by atoms with E-state index in [0.717, 1.165) is 17.8 Å². The second-order valence-electron chi connectivity index (χ2n) is 4.50. The summed E-state index contributed by atoms with van der Waals surface area (Å²) in [4.78, 5) is 17.2. The number of H-pyrrole nitrogens is 1. The molecule has 1 atom stereocenters. The van der Waals surface area contributed by atoms with Gasteiger partial charge in [0, 0.05) is 4.90 Å². The van der Waals surface area contributed by atoms with Crippen LogP contribution in [0.2, 0.25) is 0 Å². The van der Waals surface area contributed by atoms with Crippen LogP contribution in [0.4, 0.5) is 5.82 Å². The Balaban J connectivity index is 1.75. The molecule has 0 radical (unpaired) electrons. The number of rotatable bonds is 1. The number of nitrogen functional groups attached to an aromatic ring is 1. The van der Waals surface area contributed by atoms with Crippen molar-refractivity contribution in [3.8, 4) is 0 Å². The third-order valence-corrected chi connectivity index (χ3v) is 4.61. The highest BCUT2D eigenvalue weighted by molar-refractivity contribution is 7.99. The van der Waals surface area contributed by atoms with Gasteiger partial charge in [0.2, 0.25) is 0 Å². The number of aromatic nitrogens is 4. The van der Waals surface area contributed by atoms with E-state index >= 15 is 0 Å². The van der Waals surface area contributed by atoms with Crippen molar-refractivity contribution < 1.29 is 0 Å². The molecule has 94 valence electrons. The van der Waals surface area contributed by atoms with E-state index in [1.165, 1.54) is 16.8 Å². The minimum Gasteiger partial charge on any atom is -0.382 e. The molecule has 2 aromatic heterocycles. The number of hydrogen-bond donors (Lipinski definition) is 2. The first kappa shape index (κ1) is 10.8. The summed E-state index contributed by atoms with van der Waals surface area (Å²) in [6, 6.07) is 8.45. The van der Waals surface area contributed by atoms with Crippen LogP contribution in [-0.2, 0) is 6.42 Å². The van der Waals surface area contributed by atoms with Gasteiger partial charge in [-0.2, -0.15) is 0 Å². The van der Waals surface area contributed by atoms with E-state index in [0.29, 0.717) is 16.7 Å². The van der Waals surface area contributed by atoms with Crippen molar-refractivity contribution in [3.63, 3.8) is 0 Å². The third-order valence-electron chi connectivity index (χ3n) is 3.29. The van der Waals surface area contributed by atoms with Crippen LogP contribution in [0, 0.1) is 0 Å². The predicted octanol–water partition coefficient (Wildman–Crippen LogP) is 2.32. The number of fused-ring (bicyclic) bond motifs is 2.